The second kappa shape index (κ2) is 9.66. The summed E-state index contributed by atoms with van der Waals surface area (Å²) in [4.78, 5) is 35.7. The number of halogens is 1. The van der Waals surface area contributed by atoms with Crippen LogP contribution in [0.5, 0.6) is 0 Å². The van der Waals surface area contributed by atoms with Crippen LogP contribution in [-0.2, 0) is 11.3 Å². The van der Waals surface area contributed by atoms with Gasteiger partial charge in [-0.25, -0.2) is 0 Å². The third kappa shape index (κ3) is 5.65. The van der Waals surface area contributed by atoms with Crippen molar-refractivity contribution < 1.29 is 18.9 Å². The average molecular weight is 470 g/mol. The molecule has 30 heavy (non-hydrogen) atoms. The Balaban J connectivity index is 1.85. The lowest BCUT2D eigenvalue weighted by Gasteiger charge is -2.10. The molecule has 2 N–H and O–H groups in total. The molecule has 3 rings (SSSR count). The van der Waals surface area contributed by atoms with E-state index in [4.69, 9.17) is 4.42 Å². The van der Waals surface area contributed by atoms with E-state index in [0.29, 0.717) is 10.2 Å². The first kappa shape index (κ1) is 21.0. The van der Waals surface area contributed by atoms with E-state index in [0.717, 1.165) is 5.56 Å². The maximum absolute atomic E-state index is 12.7. The first-order valence-electron chi connectivity index (χ1n) is 8.77. The Morgan fingerprint density at radius 1 is 1.07 bits per heavy atom. The number of benzene rings is 2. The van der Waals surface area contributed by atoms with Crippen LogP contribution in [0.2, 0.25) is 0 Å². The number of nitrogens with zero attached hydrogens (tertiary/aromatic N) is 1. The molecule has 0 bridgehead atoms. The summed E-state index contributed by atoms with van der Waals surface area (Å²) in [7, 11) is 0. The predicted octanol–water partition coefficient (Wildman–Crippen LogP) is 4.04. The molecule has 0 radical (unpaired) electrons. The zero-order chi connectivity index (χ0) is 21.5. The fraction of sp³-hybridized carbons (Fsp3) is 0.0476. The number of carbonyl (C=O) groups excluding carboxylic acids is 2. The zero-order valence-electron chi connectivity index (χ0n) is 15.5. The molecule has 2 aromatic carbocycles. The average Bonchev–Trinajstić information content (AvgIpc) is 3.19. The maximum Gasteiger partial charge on any atom is 0.291 e. The summed E-state index contributed by atoms with van der Waals surface area (Å²) in [5, 5.41) is 16.2. The van der Waals surface area contributed by atoms with Crippen LogP contribution in [0.15, 0.2) is 81.5 Å². The highest BCUT2D eigenvalue weighted by Crippen LogP contribution is 2.17. The number of rotatable bonds is 7. The zero-order valence-corrected chi connectivity index (χ0v) is 17.1. The molecule has 0 atom stereocenters. The molecular weight excluding hydrogens is 454 g/mol. The van der Waals surface area contributed by atoms with Gasteiger partial charge in [-0.1, -0.05) is 42.5 Å². The summed E-state index contributed by atoms with van der Waals surface area (Å²) >= 11 is 3.12. The molecule has 152 valence electrons. The molecule has 0 saturated heterocycles. The van der Waals surface area contributed by atoms with Crippen LogP contribution in [0.1, 0.15) is 21.7 Å². The highest BCUT2D eigenvalue weighted by Gasteiger charge is 2.17. The molecule has 1 heterocycles. The molecule has 9 heteroatoms. The second-order valence-corrected chi connectivity index (χ2v) is 6.92. The standard InChI is InChI=1S/C21H16BrN3O5/c22-19-10-9-18(30-19)21(27)24-17(12-15-7-4-8-16(11-15)25(28)29)20(26)23-13-14-5-2-1-3-6-14/h1-12H,13H2,(H,23,26)(H,24,27). The number of hydrogen-bond acceptors (Lipinski definition) is 5. The summed E-state index contributed by atoms with van der Waals surface area (Å²) in [6, 6.07) is 18.0. The minimum Gasteiger partial charge on any atom is -0.444 e. The molecule has 0 aliphatic heterocycles. The molecule has 0 saturated carbocycles. The first-order chi connectivity index (χ1) is 14.4. The van der Waals surface area contributed by atoms with Crippen LogP contribution < -0.4 is 10.6 Å². The van der Waals surface area contributed by atoms with Crippen molar-refractivity contribution in [2.75, 3.05) is 0 Å². The van der Waals surface area contributed by atoms with Gasteiger partial charge in [-0.05, 0) is 45.3 Å². The molecule has 1 aromatic heterocycles. The molecular formula is C21H16BrN3O5. The van der Waals surface area contributed by atoms with Gasteiger partial charge in [0.05, 0.1) is 4.92 Å². The second-order valence-electron chi connectivity index (χ2n) is 6.14. The van der Waals surface area contributed by atoms with Crippen LogP contribution in [0.25, 0.3) is 6.08 Å². The van der Waals surface area contributed by atoms with Crippen molar-refractivity contribution in [2.45, 2.75) is 6.54 Å². The van der Waals surface area contributed by atoms with Crippen LogP contribution >= 0.6 is 15.9 Å². The molecule has 3 aromatic rings. The minimum atomic E-state index is -0.632. The largest absolute Gasteiger partial charge is 0.444 e. The van der Waals surface area contributed by atoms with Gasteiger partial charge >= 0.3 is 0 Å². The van der Waals surface area contributed by atoms with Crippen LogP contribution in [0.3, 0.4) is 0 Å². The Bertz CT molecular complexity index is 1110. The van der Waals surface area contributed by atoms with Crippen molar-refractivity contribution in [3.05, 3.63) is 104 Å². The van der Waals surface area contributed by atoms with Crippen molar-refractivity contribution in [1.29, 1.82) is 0 Å². The van der Waals surface area contributed by atoms with Crippen LogP contribution in [-0.4, -0.2) is 16.7 Å². The molecule has 0 spiro atoms. The summed E-state index contributed by atoms with van der Waals surface area (Å²) in [5.41, 5.74) is 1.05. The lowest BCUT2D eigenvalue weighted by molar-refractivity contribution is -0.384. The van der Waals surface area contributed by atoms with Gasteiger partial charge in [0.2, 0.25) is 0 Å². The molecule has 8 nitrogen and oxygen atoms in total. The van der Waals surface area contributed by atoms with E-state index in [-0.39, 0.29) is 23.7 Å². The van der Waals surface area contributed by atoms with E-state index < -0.39 is 16.7 Å². The predicted molar refractivity (Wildman–Crippen MR) is 113 cm³/mol. The summed E-state index contributed by atoms with van der Waals surface area (Å²) in [6.45, 7) is 0.244. The Kier molecular flexibility index (Phi) is 6.76. The van der Waals surface area contributed by atoms with Gasteiger partial charge in [-0.15, -0.1) is 0 Å². The quantitative estimate of drug-likeness (QED) is 0.307. The van der Waals surface area contributed by atoms with Gasteiger partial charge < -0.3 is 15.1 Å². The maximum atomic E-state index is 12.7. The van der Waals surface area contributed by atoms with E-state index in [1.807, 2.05) is 30.3 Å². The van der Waals surface area contributed by atoms with Gasteiger partial charge in [0, 0.05) is 18.7 Å². The van der Waals surface area contributed by atoms with Crippen LogP contribution in [0, 0.1) is 10.1 Å². The Morgan fingerprint density at radius 3 is 2.50 bits per heavy atom. The van der Waals surface area contributed by atoms with Crippen molar-refractivity contribution in [3.8, 4) is 0 Å². The minimum absolute atomic E-state index is 0.00248. The van der Waals surface area contributed by atoms with Crippen LogP contribution in [0.4, 0.5) is 5.69 Å². The van der Waals surface area contributed by atoms with Gasteiger partial charge in [-0.3, -0.25) is 19.7 Å². The van der Waals surface area contributed by atoms with E-state index in [9.17, 15) is 19.7 Å². The SMILES string of the molecule is O=C(NCc1ccccc1)C(=Cc1cccc([N+](=O)[O-])c1)NC(=O)c1ccc(Br)o1. The van der Waals surface area contributed by atoms with Crippen molar-refractivity contribution >= 4 is 39.5 Å². The van der Waals surface area contributed by atoms with Gasteiger partial charge in [0.25, 0.3) is 17.5 Å². The normalized spacial score (nSPS) is 11.0. The van der Waals surface area contributed by atoms with E-state index in [2.05, 4.69) is 26.6 Å². The smallest absolute Gasteiger partial charge is 0.291 e. The van der Waals surface area contributed by atoms with Gasteiger partial charge in [-0.2, -0.15) is 0 Å². The lowest BCUT2D eigenvalue weighted by atomic mass is 10.1. The highest BCUT2D eigenvalue weighted by atomic mass is 79.9. The monoisotopic (exact) mass is 469 g/mol. The summed E-state index contributed by atoms with van der Waals surface area (Å²) in [5.74, 6) is -1.18. The number of carbonyl (C=O) groups is 2. The van der Waals surface area contributed by atoms with Gasteiger partial charge in [0.1, 0.15) is 5.70 Å². The van der Waals surface area contributed by atoms with E-state index in [1.165, 1.54) is 30.3 Å². The van der Waals surface area contributed by atoms with Crippen molar-refractivity contribution in [2.24, 2.45) is 0 Å². The topological polar surface area (TPSA) is 114 Å². The molecule has 2 amide bonds. The number of furan rings is 1. The molecule has 0 aliphatic rings. The third-order valence-electron chi connectivity index (χ3n) is 3.98. The Hall–Kier alpha value is -3.72. The fourth-order valence-corrected chi connectivity index (χ4v) is 2.85. The molecule has 0 unspecified atom stereocenters. The number of nitrogens with one attached hydrogen (secondary N) is 2. The van der Waals surface area contributed by atoms with Crippen molar-refractivity contribution in [1.82, 2.24) is 10.6 Å². The first-order valence-corrected chi connectivity index (χ1v) is 9.56. The van der Waals surface area contributed by atoms with Crippen molar-refractivity contribution in [3.63, 3.8) is 0 Å². The Morgan fingerprint density at radius 2 is 1.83 bits per heavy atom. The number of amides is 2. The Labute approximate surface area is 179 Å². The van der Waals surface area contributed by atoms with E-state index >= 15 is 0 Å². The number of nitro groups is 1. The number of nitro benzene ring substituents is 1. The third-order valence-corrected chi connectivity index (χ3v) is 4.40. The highest BCUT2D eigenvalue weighted by molar-refractivity contribution is 9.10. The molecule has 0 aliphatic carbocycles. The fourth-order valence-electron chi connectivity index (χ4n) is 2.55. The van der Waals surface area contributed by atoms with Gasteiger partial charge in [0.15, 0.2) is 10.4 Å². The lowest BCUT2D eigenvalue weighted by Crippen LogP contribution is -2.34. The van der Waals surface area contributed by atoms with E-state index in [1.54, 1.807) is 12.1 Å². The summed E-state index contributed by atoms with van der Waals surface area (Å²) in [6.07, 6.45) is 1.36. The molecule has 0 fully saturated rings. The number of hydrogen-bond donors (Lipinski definition) is 2. The summed E-state index contributed by atoms with van der Waals surface area (Å²) < 4.78 is 5.58. The number of non-ortho nitro benzene ring substituents is 1.